The predicted octanol–water partition coefficient (Wildman–Crippen LogP) is 5.32. The van der Waals surface area contributed by atoms with Gasteiger partial charge < -0.3 is 14.2 Å². The largest absolute Gasteiger partial charge is 0.452 e. The van der Waals surface area contributed by atoms with Crippen molar-refractivity contribution in [1.82, 2.24) is 15.0 Å². The first-order valence-corrected chi connectivity index (χ1v) is 13.1. The molecule has 2 aliphatic rings. The summed E-state index contributed by atoms with van der Waals surface area (Å²) in [6.45, 7) is 1.62. The molecule has 0 unspecified atom stereocenters. The molecule has 0 N–H and O–H groups in total. The number of carbonyl (C=O) groups excluding carboxylic acids is 2. The maximum absolute atomic E-state index is 13.3. The Morgan fingerprint density at radius 2 is 1.76 bits per heavy atom. The van der Waals surface area contributed by atoms with Gasteiger partial charge in [0.2, 0.25) is 0 Å². The molecule has 2 aromatic rings. The number of thioether (sulfide) groups is 1. The van der Waals surface area contributed by atoms with E-state index >= 15 is 0 Å². The number of hydrogen-bond acceptors (Lipinski definition) is 7. The van der Waals surface area contributed by atoms with Gasteiger partial charge in [0, 0.05) is 30.1 Å². The molecule has 1 amide bonds. The summed E-state index contributed by atoms with van der Waals surface area (Å²) in [5.74, 6) is 0.705. The summed E-state index contributed by atoms with van der Waals surface area (Å²) < 4.78 is 10.6. The Morgan fingerprint density at radius 3 is 2.36 bits per heavy atom. The summed E-state index contributed by atoms with van der Waals surface area (Å²) >= 11 is 1.40. The zero-order chi connectivity index (χ0) is 23.0. The van der Waals surface area contributed by atoms with E-state index in [2.05, 4.69) is 15.0 Å². The first-order chi connectivity index (χ1) is 16.1. The van der Waals surface area contributed by atoms with Gasteiger partial charge in [-0.3, -0.25) is 4.79 Å². The fourth-order valence-electron chi connectivity index (χ4n) is 4.99. The van der Waals surface area contributed by atoms with Crippen molar-refractivity contribution in [3.8, 4) is 0 Å². The number of hydrogen-bond donors (Lipinski definition) is 0. The van der Waals surface area contributed by atoms with E-state index in [1.165, 1.54) is 50.3 Å². The molecular formula is C25H33N3O4S. The number of aryl methyl sites for hydroxylation is 1. The highest BCUT2D eigenvalue weighted by molar-refractivity contribution is 7.98. The van der Waals surface area contributed by atoms with Crippen LogP contribution in [0.1, 0.15) is 86.0 Å². The molecule has 7 nitrogen and oxygen atoms in total. The first kappa shape index (κ1) is 23.8. The van der Waals surface area contributed by atoms with E-state index in [0.717, 1.165) is 37.1 Å². The Bertz CT molecular complexity index is 917. The van der Waals surface area contributed by atoms with Crippen LogP contribution < -0.4 is 0 Å². The van der Waals surface area contributed by atoms with Crippen molar-refractivity contribution < 1.29 is 18.8 Å². The quantitative estimate of drug-likeness (QED) is 0.380. The Labute approximate surface area is 199 Å². The molecule has 0 bridgehead atoms. The lowest BCUT2D eigenvalue weighted by Gasteiger charge is -2.41. The third-order valence-electron chi connectivity index (χ3n) is 6.58. The van der Waals surface area contributed by atoms with Crippen molar-refractivity contribution in [3.63, 3.8) is 0 Å². The number of rotatable bonds is 8. The molecule has 178 valence electrons. The van der Waals surface area contributed by atoms with Crippen LogP contribution in [-0.4, -0.2) is 45.6 Å². The zero-order valence-electron chi connectivity index (χ0n) is 19.3. The Kier molecular flexibility index (Phi) is 8.42. The maximum Gasteiger partial charge on any atom is 0.341 e. The number of amides is 1. The van der Waals surface area contributed by atoms with Crippen LogP contribution in [0.5, 0.6) is 0 Å². The summed E-state index contributed by atoms with van der Waals surface area (Å²) in [7, 11) is 0. The van der Waals surface area contributed by atoms with Crippen LogP contribution in [0.25, 0.3) is 0 Å². The van der Waals surface area contributed by atoms with E-state index in [-0.39, 0.29) is 24.6 Å². The molecule has 0 aromatic carbocycles. The van der Waals surface area contributed by atoms with Crippen LogP contribution >= 0.6 is 11.8 Å². The smallest absolute Gasteiger partial charge is 0.341 e. The minimum atomic E-state index is -0.512. The minimum Gasteiger partial charge on any atom is -0.452 e. The highest BCUT2D eigenvalue weighted by Gasteiger charge is 2.33. The fraction of sp³-hybridized carbons (Fsp3) is 0.600. The third kappa shape index (κ3) is 6.37. The normalized spacial score (nSPS) is 17.6. The SMILES string of the molecule is Cc1cc(CSc2ncccc2C(=O)OCC(=O)N(C2CCCCC2)C2CCCCC2)no1. The molecule has 0 aliphatic heterocycles. The van der Waals surface area contributed by atoms with Gasteiger partial charge in [-0.2, -0.15) is 0 Å². The molecule has 2 aliphatic carbocycles. The minimum absolute atomic E-state index is 0.0571. The van der Waals surface area contributed by atoms with Crippen LogP contribution in [0.4, 0.5) is 0 Å². The van der Waals surface area contributed by atoms with Crippen LogP contribution in [0.2, 0.25) is 0 Å². The Balaban J connectivity index is 1.38. The van der Waals surface area contributed by atoms with Crippen molar-refractivity contribution in [2.24, 2.45) is 0 Å². The van der Waals surface area contributed by atoms with E-state index in [0.29, 0.717) is 16.3 Å². The Morgan fingerprint density at radius 1 is 1.09 bits per heavy atom. The lowest BCUT2D eigenvalue weighted by molar-refractivity contribution is -0.141. The topological polar surface area (TPSA) is 85.5 Å². The molecule has 0 atom stereocenters. The van der Waals surface area contributed by atoms with Gasteiger partial charge in [0.1, 0.15) is 10.8 Å². The standard InChI is InChI=1S/C25H33N3O4S/c1-18-15-19(27-32-18)17-33-24-22(13-8-14-26-24)25(30)31-16-23(29)28(20-9-4-2-5-10-20)21-11-6-3-7-12-21/h8,13-15,20-21H,2-7,9-12,16-17H2,1H3. The molecule has 0 spiro atoms. The molecule has 33 heavy (non-hydrogen) atoms. The van der Waals surface area contributed by atoms with Crippen molar-refractivity contribution in [2.75, 3.05) is 6.61 Å². The van der Waals surface area contributed by atoms with Crippen molar-refractivity contribution in [1.29, 1.82) is 0 Å². The van der Waals surface area contributed by atoms with Gasteiger partial charge >= 0.3 is 5.97 Å². The summed E-state index contributed by atoms with van der Waals surface area (Å²) in [5.41, 5.74) is 1.16. The highest BCUT2D eigenvalue weighted by atomic mass is 32.2. The average Bonchev–Trinajstić information content (AvgIpc) is 3.28. The fourth-order valence-corrected chi connectivity index (χ4v) is 5.86. The number of aromatic nitrogens is 2. The third-order valence-corrected chi connectivity index (χ3v) is 7.61. The van der Waals surface area contributed by atoms with E-state index in [9.17, 15) is 9.59 Å². The van der Waals surface area contributed by atoms with Gasteiger partial charge in [0.05, 0.1) is 11.3 Å². The van der Waals surface area contributed by atoms with Crippen molar-refractivity contribution in [3.05, 3.63) is 41.4 Å². The average molecular weight is 472 g/mol. The van der Waals surface area contributed by atoms with Gasteiger partial charge in [-0.25, -0.2) is 9.78 Å². The maximum atomic E-state index is 13.3. The lowest BCUT2D eigenvalue weighted by Crippen LogP contribution is -2.50. The van der Waals surface area contributed by atoms with Crippen LogP contribution in [0.3, 0.4) is 0 Å². The molecular weight excluding hydrogens is 438 g/mol. The summed E-state index contributed by atoms with van der Waals surface area (Å²) in [5, 5.41) is 4.55. The number of esters is 1. The van der Waals surface area contributed by atoms with Crippen molar-refractivity contribution in [2.45, 2.75) is 94.0 Å². The van der Waals surface area contributed by atoms with E-state index in [4.69, 9.17) is 9.26 Å². The molecule has 4 rings (SSSR count). The second-order valence-electron chi connectivity index (χ2n) is 9.03. The van der Waals surface area contributed by atoms with Crippen LogP contribution in [0, 0.1) is 6.92 Å². The van der Waals surface area contributed by atoms with Crippen molar-refractivity contribution >= 4 is 23.6 Å². The number of pyridine rings is 1. The summed E-state index contributed by atoms with van der Waals surface area (Å²) in [6, 6.07) is 5.82. The van der Waals surface area contributed by atoms with Gasteiger partial charge in [-0.1, -0.05) is 55.4 Å². The molecule has 2 saturated carbocycles. The van der Waals surface area contributed by atoms with Gasteiger partial charge in [-0.15, -0.1) is 0 Å². The highest BCUT2D eigenvalue weighted by Crippen LogP contribution is 2.30. The Hall–Kier alpha value is -2.35. The van der Waals surface area contributed by atoms with E-state index in [1.807, 2.05) is 13.0 Å². The van der Waals surface area contributed by atoms with Gasteiger partial charge in [0.15, 0.2) is 6.61 Å². The lowest BCUT2D eigenvalue weighted by atomic mass is 9.88. The molecule has 2 aromatic heterocycles. The monoisotopic (exact) mass is 471 g/mol. The van der Waals surface area contributed by atoms with Crippen LogP contribution in [0.15, 0.2) is 33.9 Å². The second-order valence-corrected chi connectivity index (χ2v) is 10.00. The summed E-state index contributed by atoms with van der Waals surface area (Å²) in [4.78, 5) is 32.6. The zero-order valence-corrected chi connectivity index (χ0v) is 20.1. The summed E-state index contributed by atoms with van der Waals surface area (Å²) in [6.07, 6.45) is 13.0. The number of ether oxygens (including phenoxy) is 1. The van der Waals surface area contributed by atoms with Crippen LogP contribution in [-0.2, 0) is 15.3 Å². The molecule has 2 fully saturated rings. The predicted molar refractivity (Wildman–Crippen MR) is 126 cm³/mol. The van der Waals surface area contributed by atoms with Gasteiger partial charge in [-0.05, 0) is 44.7 Å². The molecule has 8 heteroatoms. The molecule has 0 saturated heterocycles. The van der Waals surface area contributed by atoms with Gasteiger partial charge in [0.25, 0.3) is 5.91 Å². The second kappa shape index (κ2) is 11.7. The number of carbonyl (C=O) groups is 2. The van der Waals surface area contributed by atoms with E-state index < -0.39 is 5.97 Å². The van der Waals surface area contributed by atoms with E-state index in [1.54, 1.807) is 18.3 Å². The number of nitrogens with zero attached hydrogens (tertiary/aromatic N) is 3. The molecule has 2 heterocycles. The molecule has 0 radical (unpaired) electrons. The first-order valence-electron chi connectivity index (χ1n) is 12.1.